The van der Waals surface area contributed by atoms with E-state index in [1.807, 2.05) is 18.2 Å². The Morgan fingerprint density at radius 3 is 2.78 bits per heavy atom. The smallest absolute Gasteiger partial charge is 0.234 e. The first-order valence-electron chi connectivity index (χ1n) is 5.51. The maximum atomic E-state index is 11.8. The van der Waals surface area contributed by atoms with Crippen LogP contribution in [-0.4, -0.2) is 23.2 Å². The first-order valence-corrected chi connectivity index (χ1v) is 6.31. The number of carbonyl (C=O) groups is 2. The number of carbonyl (C=O) groups excluding carboxylic acids is 2. The SMILES string of the molecule is O=C1CC(=O)N(c2ccnc3ccc(Br)cc23)C1. The molecule has 4 nitrogen and oxygen atoms in total. The Morgan fingerprint density at radius 2 is 2.06 bits per heavy atom. The molecule has 0 N–H and O–H groups in total. The molecule has 90 valence electrons. The number of benzene rings is 1. The average Bonchev–Trinajstić information content (AvgIpc) is 2.67. The van der Waals surface area contributed by atoms with Gasteiger partial charge in [-0.25, -0.2) is 0 Å². The van der Waals surface area contributed by atoms with E-state index >= 15 is 0 Å². The van der Waals surface area contributed by atoms with Crippen LogP contribution in [0.25, 0.3) is 10.9 Å². The number of aromatic nitrogens is 1. The summed E-state index contributed by atoms with van der Waals surface area (Å²) in [5.74, 6) is -0.188. The lowest BCUT2D eigenvalue weighted by Crippen LogP contribution is -2.24. The minimum absolute atomic E-state index is 0.00216. The summed E-state index contributed by atoms with van der Waals surface area (Å²) in [5.41, 5.74) is 1.56. The molecule has 1 amide bonds. The van der Waals surface area contributed by atoms with Gasteiger partial charge in [0, 0.05) is 16.1 Å². The van der Waals surface area contributed by atoms with Gasteiger partial charge in [0.25, 0.3) is 0 Å². The first-order chi connectivity index (χ1) is 8.65. The molecule has 18 heavy (non-hydrogen) atoms. The fourth-order valence-electron chi connectivity index (χ4n) is 2.14. The van der Waals surface area contributed by atoms with E-state index in [9.17, 15) is 9.59 Å². The minimum Gasteiger partial charge on any atom is -0.304 e. The number of ketones is 1. The molecule has 0 spiro atoms. The third-order valence-electron chi connectivity index (χ3n) is 2.96. The van der Waals surface area contributed by atoms with Gasteiger partial charge in [-0.05, 0) is 24.3 Å². The number of nitrogens with zero attached hydrogens (tertiary/aromatic N) is 2. The highest BCUT2D eigenvalue weighted by molar-refractivity contribution is 9.10. The van der Waals surface area contributed by atoms with Crippen molar-refractivity contribution in [1.82, 2.24) is 4.98 Å². The third kappa shape index (κ3) is 1.80. The molecule has 3 rings (SSSR count). The summed E-state index contributed by atoms with van der Waals surface area (Å²) in [5, 5.41) is 0.870. The molecule has 2 aromatic rings. The summed E-state index contributed by atoms with van der Waals surface area (Å²) in [6.45, 7) is 0.157. The van der Waals surface area contributed by atoms with Gasteiger partial charge in [-0.2, -0.15) is 0 Å². The Kier molecular flexibility index (Phi) is 2.63. The van der Waals surface area contributed by atoms with E-state index in [-0.39, 0.29) is 24.7 Å². The lowest BCUT2D eigenvalue weighted by atomic mass is 10.2. The average molecular weight is 305 g/mol. The largest absolute Gasteiger partial charge is 0.304 e. The Labute approximate surface area is 112 Å². The maximum Gasteiger partial charge on any atom is 0.234 e. The van der Waals surface area contributed by atoms with Gasteiger partial charge in [0.05, 0.1) is 24.2 Å². The predicted octanol–water partition coefficient (Wildman–Crippen LogP) is 2.30. The number of rotatable bonds is 1. The summed E-state index contributed by atoms with van der Waals surface area (Å²) >= 11 is 3.40. The van der Waals surface area contributed by atoms with Crippen molar-refractivity contribution in [2.75, 3.05) is 11.4 Å². The lowest BCUT2D eigenvalue weighted by Gasteiger charge is -2.16. The van der Waals surface area contributed by atoms with Gasteiger partial charge in [-0.1, -0.05) is 15.9 Å². The van der Waals surface area contributed by atoms with Gasteiger partial charge in [0.2, 0.25) is 5.91 Å². The standard InChI is InChI=1S/C13H9BrN2O2/c14-8-1-2-11-10(5-8)12(3-4-15-11)16-7-9(17)6-13(16)18/h1-5H,6-7H2. The van der Waals surface area contributed by atoms with Gasteiger partial charge < -0.3 is 4.90 Å². The van der Waals surface area contributed by atoms with E-state index in [2.05, 4.69) is 20.9 Å². The lowest BCUT2D eigenvalue weighted by molar-refractivity contribution is -0.121. The fourth-order valence-corrected chi connectivity index (χ4v) is 2.50. The molecular formula is C13H9BrN2O2. The minimum atomic E-state index is -0.146. The molecular weight excluding hydrogens is 296 g/mol. The monoisotopic (exact) mass is 304 g/mol. The number of amides is 1. The summed E-state index contributed by atoms with van der Waals surface area (Å²) in [6, 6.07) is 7.46. The maximum absolute atomic E-state index is 11.8. The summed E-state index contributed by atoms with van der Waals surface area (Å²) in [4.78, 5) is 28.9. The Balaban J connectivity index is 2.20. The molecule has 0 bridgehead atoms. The van der Waals surface area contributed by atoms with Gasteiger partial charge in [-0.15, -0.1) is 0 Å². The van der Waals surface area contributed by atoms with E-state index in [4.69, 9.17) is 0 Å². The number of hydrogen-bond acceptors (Lipinski definition) is 3. The molecule has 0 atom stereocenters. The van der Waals surface area contributed by atoms with Crippen LogP contribution in [0.4, 0.5) is 5.69 Å². The number of hydrogen-bond donors (Lipinski definition) is 0. The van der Waals surface area contributed by atoms with Crippen molar-refractivity contribution < 1.29 is 9.59 Å². The normalized spacial score (nSPS) is 15.7. The second kappa shape index (κ2) is 4.17. The summed E-state index contributed by atoms with van der Waals surface area (Å²) < 4.78 is 0.919. The highest BCUT2D eigenvalue weighted by Gasteiger charge is 2.29. The molecule has 0 unspecified atom stereocenters. The van der Waals surface area contributed by atoms with Crippen LogP contribution < -0.4 is 4.90 Å². The molecule has 0 saturated carbocycles. The van der Waals surface area contributed by atoms with Crippen LogP contribution >= 0.6 is 15.9 Å². The molecule has 1 fully saturated rings. The molecule has 1 aliphatic rings. The number of halogens is 1. The van der Waals surface area contributed by atoms with Gasteiger partial charge in [0.15, 0.2) is 5.78 Å². The quantitative estimate of drug-likeness (QED) is 0.760. The van der Waals surface area contributed by atoms with E-state index in [0.29, 0.717) is 0 Å². The Hall–Kier alpha value is -1.75. The molecule has 1 aromatic heterocycles. The number of fused-ring (bicyclic) bond motifs is 1. The van der Waals surface area contributed by atoms with Crippen molar-refractivity contribution in [1.29, 1.82) is 0 Å². The van der Waals surface area contributed by atoms with Crippen LogP contribution in [0.2, 0.25) is 0 Å². The Morgan fingerprint density at radius 1 is 1.22 bits per heavy atom. The molecule has 1 aromatic carbocycles. The number of anilines is 1. The van der Waals surface area contributed by atoms with E-state index in [1.54, 1.807) is 12.3 Å². The molecule has 0 radical (unpaired) electrons. The third-order valence-corrected chi connectivity index (χ3v) is 3.45. The van der Waals surface area contributed by atoms with Crippen LogP contribution in [0.5, 0.6) is 0 Å². The van der Waals surface area contributed by atoms with Crippen molar-refractivity contribution in [3.05, 3.63) is 34.9 Å². The number of pyridine rings is 1. The number of Topliss-reactive ketones (excluding diaryl/α,β-unsaturated/α-hetero) is 1. The summed E-state index contributed by atoms with van der Waals surface area (Å²) in [7, 11) is 0. The molecule has 1 saturated heterocycles. The van der Waals surface area contributed by atoms with E-state index < -0.39 is 0 Å². The predicted molar refractivity (Wildman–Crippen MR) is 71.4 cm³/mol. The van der Waals surface area contributed by atoms with E-state index in [0.717, 1.165) is 21.1 Å². The summed E-state index contributed by atoms with van der Waals surface area (Å²) in [6.07, 6.45) is 1.65. The van der Waals surface area contributed by atoms with Gasteiger partial charge in [-0.3, -0.25) is 14.6 Å². The van der Waals surface area contributed by atoms with Crippen LogP contribution in [0.1, 0.15) is 6.42 Å². The second-order valence-corrected chi connectivity index (χ2v) is 5.10. The van der Waals surface area contributed by atoms with Crippen LogP contribution in [0.3, 0.4) is 0 Å². The van der Waals surface area contributed by atoms with Crippen molar-refractivity contribution in [2.45, 2.75) is 6.42 Å². The van der Waals surface area contributed by atoms with Crippen molar-refractivity contribution in [3.63, 3.8) is 0 Å². The zero-order chi connectivity index (χ0) is 12.7. The van der Waals surface area contributed by atoms with E-state index in [1.165, 1.54) is 4.90 Å². The van der Waals surface area contributed by atoms with Crippen LogP contribution in [-0.2, 0) is 9.59 Å². The zero-order valence-electron chi connectivity index (χ0n) is 9.39. The van der Waals surface area contributed by atoms with Gasteiger partial charge >= 0.3 is 0 Å². The molecule has 5 heteroatoms. The second-order valence-electron chi connectivity index (χ2n) is 4.19. The topological polar surface area (TPSA) is 50.3 Å². The van der Waals surface area contributed by atoms with Crippen molar-refractivity contribution >= 4 is 44.2 Å². The van der Waals surface area contributed by atoms with Crippen LogP contribution in [0, 0.1) is 0 Å². The highest BCUT2D eigenvalue weighted by Crippen LogP contribution is 2.29. The van der Waals surface area contributed by atoms with Gasteiger partial charge in [0.1, 0.15) is 0 Å². The molecule has 2 heterocycles. The van der Waals surface area contributed by atoms with Crippen molar-refractivity contribution in [2.24, 2.45) is 0 Å². The van der Waals surface area contributed by atoms with Crippen molar-refractivity contribution in [3.8, 4) is 0 Å². The molecule has 1 aliphatic heterocycles. The fraction of sp³-hybridized carbons (Fsp3) is 0.154. The molecule has 0 aliphatic carbocycles. The first kappa shape index (κ1) is 11.3. The zero-order valence-corrected chi connectivity index (χ0v) is 11.0. The van der Waals surface area contributed by atoms with Crippen LogP contribution in [0.15, 0.2) is 34.9 Å². The highest BCUT2D eigenvalue weighted by atomic mass is 79.9. The Bertz CT molecular complexity index is 669.